The van der Waals surface area contributed by atoms with Crippen molar-refractivity contribution in [3.8, 4) is 0 Å². The second-order valence-corrected chi connectivity index (χ2v) is 10.1. The SMILES string of the molecule is Cc1cc2c(cc3n2C[C@](C)(C(=O)NC2CCCCC2)N(CCc2ccc(Cl)cc2)C3=O)o1. The minimum atomic E-state index is -0.995. The molecule has 0 unspecified atom stereocenters. The third kappa shape index (κ3) is 4.05. The first-order valence-electron chi connectivity index (χ1n) is 11.8. The van der Waals surface area contributed by atoms with Gasteiger partial charge in [0.05, 0.1) is 12.1 Å². The summed E-state index contributed by atoms with van der Waals surface area (Å²) in [5.41, 5.74) is 2.20. The monoisotopic (exact) mass is 467 g/mol. The van der Waals surface area contributed by atoms with E-state index in [0.717, 1.165) is 42.5 Å². The average Bonchev–Trinajstić information content (AvgIpc) is 3.32. The van der Waals surface area contributed by atoms with Crippen molar-refractivity contribution < 1.29 is 14.0 Å². The van der Waals surface area contributed by atoms with E-state index in [-0.39, 0.29) is 17.9 Å². The van der Waals surface area contributed by atoms with Crippen molar-refractivity contribution in [1.82, 2.24) is 14.8 Å². The largest absolute Gasteiger partial charge is 0.460 e. The highest BCUT2D eigenvalue weighted by Gasteiger charge is 2.48. The van der Waals surface area contributed by atoms with Crippen LogP contribution in [-0.4, -0.2) is 39.4 Å². The number of rotatable bonds is 5. The standard InChI is InChI=1S/C26H30ClN3O3/c1-17-14-21-23(33-17)15-22-24(31)30(13-12-18-8-10-19(27)11-9-18)26(2,16-29(21)22)25(32)28-20-6-4-3-5-7-20/h8-11,14-15,20H,3-7,12-13,16H2,1-2H3,(H,28,32)/t26-/m1/s1. The van der Waals surface area contributed by atoms with E-state index in [2.05, 4.69) is 5.32 Å². The molecule has 1 aromatic carbocycles. The van der Waals surface area contributed by atoms with E-state index in [0.29, 0.717) is 35.8 Å². The van der Waals surface area contributed by atoms with Crippen LogP contribution in [0, 0.1) is 6.92 Å². The van der Waals surface area contributed by atoms with Crippen LogP contribution in [0.2, 0.25) is 5.02 Å². The van der Waals surface area contributed by atoms with E-state index < -0.39 is 5.54 Å². The molecule has 1 aliphatic carbocycles. The number of hydrogen-bond acceptors (Lipinski definition) is 3. The van der Waals surface area contributed by atoms with Gasteiger partial charge in [-0.05, 0) is 50.8 Å². The summed E-state index contributed by atoms with van der Waals surface area (Å²) in [6.45, 7) is 4.63. The van der Waals surface area contributed by atoms with Gasteiger partial charge in [0.1, 0.15) is 17.0 Å². The fraction of sp³-hybridized carbons (Fsp3) is 0.462. The predicted molar refractivity (Wildman–Crippen MR) is 129 cm³/mol. The number of carbonyl (C=O) groups excluding carboxylic acids is 2. The maximum Gasteiger partial charge on any atom is 0.271 e. The summed E-state index contributed by atoms with van der Waals surface area (Å²) < 4.78 is 7.74. The van der Waals surface area contributed by atoms with Crippen LogP contribution in [-0.2, 0) is 17.8 Å². The molecule has 3 heterocycles. The van der Waals surface area contributed by atoms with Crippen LogP contribution in [0.5, 0.6) is 0 Å². The zero-order chi connectivity index (χ0) is 23.2. The van der Waals surface area contributed by atoms with E-state index in [1.54, 1.807) is 11.0 Å². The van der Waals surface area contributed by atoms with Gasteiger partial charge >= 0.3 is 0 Å². The van der Waals surface area contributed by atoms with Crippen LogP contribution in [0.1, 0.15) is 60.8 Å². The molecule has 174 valence electrons. The molecule has 0 bridgehead atoms. The highest BCUT2D eigenvalue weighted by atomic mass is 35.5. The number of carbonyl (C=O) groups is 2. The van der Waals surface area contributed by atoms with Crippen LogP contribution in [0.4, 0.5) is 0 Å². The molecule has 2 aromatic heterocycles. The molecule has 0 saturated heterocycles. The molecule has 1 fully saturated rings. The maximum atomic E-state index is 13.7. The Balaban J connectivity index is 1.48. The summed E-state index contributed by atoms with van der Waals surface area (Å²) in [5, 5.41) is 3.96. The zero-order valence-corrected chi connectivity index (χ0v) is 20.0. The molecule has 5 rings (SSSR count). The highest BCUT2D eigenvalue weighted by Crippen LogP contribution is 2.34. The van der Waals surface area contributed by atoms with Gasteiger partial charge in [-0.15, -0.1) is 0 Å². The number of fused-ring (bicyclic) bond motifs is 3. The van der Waals surface area contributed by atoms with Crippen LogP contribution in [0.15, 0.2) is 40.8 Å². The molecular weight excluding hydrogens is 438 g/mol. The molecule has 3 aromatic rings. The molecule has 2 aliphatic rings. The van der Waals surface area contributed by atoms with Gasteiger partial charge in [-0.3, -0.25) is 9.59 Å². The Morgan fingerprint density at radius 1 is 1.18 bits per heavy atom. The summed E-state index contributed by atoms with van der Waals surface area (Å²) in [4.78, 5) is 29.2. The lowest BCUT2D eigenvalue weighted by Gasteiger charge is -2.45. The van der Waals surface area contributed by atoms with E-state index in [9.17, 15) is 9.59 Å². The van der Waals surface area contributed by atoms with Crippen molar-refractivity contribution in [1.29, 1.82) is 0 Å². The van der Waals surface area contributed by atoms with Gasteiger partial charge in [-0.1, -0.05) is 43.0 Å². The minimum absolute atomic E-state index is 0.0772. The zero-order valence-electron chi connectivity index (χ0n) is 19.2. The second-order valence-electron chi connectivity index (χ2n) is 9.64. The Bertz CT molecular complexity index is 1190. The van der Waals surface area contributed by atoms with Crippen molar-refractivity contribution in [3.05, 3.63) is 58.4 Å². The van der Waals surface area contributed by atoms with Gasteiger partial charge in [0.25, 0.3) is 5.91 Å². The van der Waals surface area contributed by atoms with Crippen molar-refractivity contribution in [3.63, 3.8) is 0 Å². The first kappa shape index (κ1) is 22.1. The summed E-state index contributed by atoms with van der Waals surface area (Å²) in [6.07, 6.45) is 6.14. The molecule has 0 radical (unpaired) electrons. The molecule has 0 spiro atoms. The third-order valence-corrected chi connectivity index (χ3v) is 7.46. The lowest BCUT2D eigenvalue weighted by atomic mass is 9.91. The number of amides is 2. The quantitative estimate of drug-likeness (QED) is 0.567. The van der Waals surface area contributed by atoms with E-state index >= 15 is 0 Å². The number of furan rings is 1. The van der Waals surface area contributed by atoms with E-state index in [4.69, 9.17) is 16.0 Å². The van der Waals surface area contributed by atoms with Crippen molar-refractivity contribution >= 4 is 34.5 Å². The summed E-state index contributed by atoms with van der Waals surface area (Å²) in [6, 6.07) is 11.6. The topological polar surface area (TPSA) is 67.5 Å². The van der Waals surface area contributed by atoms with Crippen LogP contribution < -0.4 is 5.32 Å². The molecule has 1 aliphatic heterocycles. The lowest BCUT2D eigenvalue weighted by molar-refractivity contribution is -0.133. The van der Waals surface area contributed by atoms with E-state index in [1.807, 2.05) is 48.7 Å². The number of nitrogens with zero attached hydrogens (tertiary/aromatic N) is 2. The van der Waals surface area contributed by atoms with Crippen LogP contribution >= 0.6 is 11.6 Å². The summed E-state index contributed by atoms with van der Waals surface area (Å²) >= 11 is 6.03. The molecular formula is C26H30ClN3O3. The molecule has 1 N–H and O–H groups in total. The second kappa shape index (κ2) is 8.56. The van der Waals surface area contributed by atoms with Gasteiger partial charge < -0.3 is 19.2 Å². The van der Waals surface area contributed by atoms with Gasteiger partial charge in [-0.25, -0.2) is 0 Å². The number of aromatic nitrogens is 1. The number of nitrogens with one attached hydrogen (secondary N) is 1. The number of halogens is 1. The summed E-state index contributed by atoms with van der Waals surface area (Å²) in [5.74, 6) is 0.577. The minimum Gasteiger partial charge on any atom is -0.460 e. The molecule has 1 atom stereocenters. The highest BCUT2D eigenvalue weighted by molar-refractivity contribution is 6.30. The van der Waals surface area contributed by atoms with Gasteiger partial charge in [0.15, 0.2) is 5.58 Å². The van der Waals surface area contributed by atoms with Gasteiger partial charge in [0.2, 0.25) is 5.91 Å². The molecule has 2 amide bonds. The van der Waals surface area contributed by atoms with Crippen LogP contribution in [0.3, 0.4) is 0 Å². The maximum absolute atomic E-state index is 13.7. The predicted octanol–water partition coefficient (Wildman–Crippen LogP) is 5.10. The molecule has 33 heavy (non-hydrogen) atoms. The Morgan fingerprint density at radius 3 is 2.64 bits per heavy atom. The smallest absolute Gasteiger partial charge is 0.271 e. The Morgan fingerprint density at radius 2 is 1.91 bits per heavy atom. The van der Waals surface area contributed by atoms with Gasteiger partial charge in [0, 0.05) is 29.7 Å². The summed E-state index contributed by atoms with van der Waals surface area (Å²) in [7, 11) is 0. The van der Waals surface area contributed by atoms with Crippen LogP contribution in [0.25, 0.3) is 11.1 Å². The van der Waals surface area contributed by atoms with Gasteiger partial charge in [-0.2, -0.15) is 0 Å². The number of hydrogen-bond donors (Lipinski definition) is 1. The number of benzene rings is 1. The fourth-order valence-corrected chi connectivity index (χ4v) is 5.42. The Labute approximate surface area is 198 Å². The molecule has 7 heteroatoms. The normalized spacial score (nSPS) is 21.4. The van der Waals surface area contributed by atoms with E-state index in [1.165, 1.54) is 6.42 Å². The fourth-order valence-electron chi connectivity index (χ4n) is 5.29. The number of aryl methyl sites for hydroxylation is 1. The molecule has 1 saturated carbocycles. The lowest BCUT2D eigenvalue weighted by Crippen LogP contribution is -2.65. The third-order valence-electron chi connectivity index (χ3n) is 7.21. The Hall–Kier alpha value is -2.73. The Kier molecular flexibility index (Phi) is 5.73. The first-order valence-corrected chi connectivity index (χ1v) is 12.2. The van der Waals surface area contributed by atoms with Crippen molar-refractivity contribution in [2.45, 2.75) is 70.5 Å². The van der Waals surface area contributed by atoms with Crippen molar-refractivity contribution in [2.75, 3.05) is 6.54 Å². The van der Waals surface area contributed by atoms with Crippen molar-refractivity contribution in [2.24, 2.45) is 0 Å². The molecule has 6 nitrogen and oxygen atoms in total. The first-order chi connectivity index (χ1) is 15.8. The average molecular weight is 468 g/mol.